The third kappa shape index (κ3) is 5.31. The summed E-state index contributed by atoms with van der Waals surface area (Å²) in [6.45, 7) is 2.42. The molecular weight excluding hydrogens is 372 g/mol. The number of aromatic nitrogens is 1. The van der Waals surface area contributed by atoms with Crippen molar-refractivity contribution in [3.63, 3.8) is 0 Å². The topological polar surface area (TPSA) is 91.8 Å². The lowest BCUT2D eigenvalue weighted by molar-refractivity contribution is -0.119. The highest BCUT2D eigenvalue weighted by atomic mass is 16.5. The van der Waals surface area contributed by atoms with Crippen molar-refractivity contribution in [2.75, 3.05) is 39.8 Å². The molecule has 0 unspecified atom stereocenters. The Morgan fingerprint density at radius 3 is 2.69 bits per heavy atom. The molecule has 1 aromatic heterocycles. The molecule has 152 valence electrons. The minimum Gasteiger partial charge on any atom is -0.497 e. The number of nitrogens with one attached hydrogen (secondary N) is 1. The molecule has 1 aromatic carbocycles. The first-order valence-corrected chi connectivity index (χ1v) is 9.46. The van der Waals surface area contributed by atoms with E-state index in [-0.39, 0.29) is 17.5 Å². The number of benzene rings is 1. The van der Waals surface area contributed by atoms with E-state index in [1.807, 2.05) is 24.3 Å². The normalized spacial score (nSPS) is 13.7. The lowest BCUT2D eigenvalue weighted by atomic mass is 10.1. The van der Waals surface area contributed by atoms with Crippen molar-refractivity contribution >= 4 is 18.2 Å². The van der Waals surface area contributed by atoms with Gasteiger partial charge in [0.2, 0.25) is 6.41 Å². The summed E-state index contributed by atoms with van der Waals surface area (Å²) in [7, 11) is 1.61. The summed E-state index contributed by atoms with van der Waals surface area (Å²) in [6, 6.07) is 10.8. The molecule has 0 bridgehead atoms. The van der Waals surface area contributed by atoms with Crippen molar-refractivity contribution in [1.29, 1.82) is 0 Å². The van der Waals surface area contributed by atoms with E-state index < -0.39 is 0 Å². The quantitative estimate of drug-likeness (QED) is 0.705. The van der Waals surface area contributed by atoms with Gasteiger partial charge in [-0.1, -0.05) is 12.1 Å². The van der Waals surface area contributed by atoms with Crippen LogP contribution in [-0.2, 0) is 11.2 Å². The van der Waals surface area contributed by atoms with Crippen molar-refractivity contribution in [2.45, 2.75) is 6.42 Å². The second-order valence-corrected chi connectivity index (χ2v) is 6.72. The van der Waals surface area contributed by atoms with E-state index >= 15 is 0 Å². The van der Waals surface area contributed by atoms with Gasteiger partial charge in [0.15, 0.2) is 0 Å². The van der Waals surface area contributed by atoms with Crippen LogP contribution in [0.15, 0.2) is 42.6 Å². The van der Waals surface area contributed by atoms with E-state index in [1.54, 1.807) is 23.0 Å². The highest BCUT2D eigenvalue weighted by Crippen LogP contribution is 2.13. The van der Waals surface area contributed by atoms with Crippen molar-refractivity contribution in [3.05, 3.63) is 59.4 Å². The van der Waals surface area contributed by atoms with Gasteiger partial charge in [-0.15, -0.1) is 0 Å². The van der Waals surface area contributed by atoms with Crippen LogP contribution in [0.5, 0.6) is 5.75 Å². The molecule has 8 nitrogen and oxygen atoms in total. The average Bonchev–Trinajstić information content (AvgIpc) is 2.78. The monoisotopic (exact) mass is 396 g/mol. The van der Waals surface area contributed by atoms with E-state index in [0.29, 0.717) is 44.7 Å². The molecule has 29 heavy (non-hydrogen) atoms. The van der Waals surface area contributed by atoms with Crippen LogP contribution in [0.4, 0.5) is 0 Å². The summed E-state index contributed by atoms with van der Waals surface area (Å²) >= 11 is 0. The van der Waals surface area contributed by atoms with Gasteiger partial charge in [-0.25, -0.2) is 0 Å². The van der Waals surface area contributed by atoms with Crippen LogP contribution in [0.1, 0.15) is 26.4 Å². The Morgan fingerprint density at radius 1 is 1.17 bits per heavy atom. The zero-order chi connectivity index (χ0) is 20.6. The molecule has 1 aliphatic heterocycles. The third-order valence-corrected chi connectivity index (χ3v) is 4.82. The maximum Gasteiger partial charge on any atom is 0.269 e. The molecule has 0 saturated carbocycles. The van der Waals surface area contributed by atoms with Crippen molar-refractivity contribution in [1.82, 2.24) is 20.1 Å². The van der Waals surface area contributed by atoms with E-state index in [4.69, 9.17) is 4.74 Å². The first-order valence-electron chi connectivity index (χ1n) is 9.46. The van der Waals surface area contributed by atoms with Gasteiger partial charge < -0.3 is 19.9 Å². The number of carbonyl (C=O) groups excluding carboxylic acids is 3. The number of carbonyl (C=O) groups is 3. The average molecular weight is 396 g/mol. The largest absolute Gasteiger partial charge is 0.497 e. The highest BCUT2D eigenvalue weighted by molar-refractivity contribution is 5.98. The lowest BCUT2D eigenvalue weighted by Gasteiger charge is -2.32. The molecule has 2 aromatic rings. The van der Waals surface area contributed by atoms with Gasteiger partial charge in [-0.05, 0) is 36.2 Å². The van der Waals surface area contributed by atoms with Gasteiger partial charge in [0.05, 0.1) is 7.11 Å². The number of methoxy groups -OCH3 is 1. The Kier molecular flexibility index (Phi) is 6.78. The van der Waals surface area contributed by atoms with Gasteiger partial charge >= 0.3 is 0 Å². The van der Waals surface area contributed by atoms with Crippen LogP contribution in [0.3, 0.4) is 0 Å². The van der Waals surface area contributed by atoms with E-state index in [9.17, 15) is 14.4 Å². The fraction of sp³-hybridized carbons (Fsp3) is 0.333. The van der Waals surface area contributed by atoms with Gasteiger partial charge in [0.25, 0.3) is 11.8 Å². The Balaban J connectivity index is 1.56. The first-order chi connectivity index (χ1) is 14.1. The second-order valence-electron chi connectivity index (χ2n) is 6.72. The molecule has 0 spiro atoms. The van der Waals surface area contributed by atoms with E-state index in [2.05, 4.69) is 10.3 Å². The molecule has 8 heteroatoms. The standard InChI is InChI=1S/C21H24N4O4/c1-29-18-4-2-3-16(13-18)5-7-23-20(27)19-14-17(6-8-22-19)21(28)25-11-9-24(15-26)10-12-25/h2-4,6,8,13-15H,5,7,9-12H2,1H3,(H,23,27). The summed E-state index contributed by atoms with van der Waals surface area (Å²) in [5.74, 6) is 0.285. The Bertz CT molecular complexity index is 878. The molecule has 0 radical (unpaired) electrons. The minimum atomic E-state index is -0.326. The molecule has 3 rings (SSSR count). The van der Waals surface area contributed by atoms with Crippen molar-refractivity contribution < 1.29 is 19.1 Å². The van der Waals surface area contributed by atoms with Crippen molar-refractivity contribution in [3.8, 4) is 5.75 Å². The molecular formula is C21H24N4O4. The lowest BCUT2D eigenvalue weighted by Crippen LogP contribution is -2.48. The van der Waals surface area contributed by atoms with Crippen LogP contribution in [0.25, 0.3) is 0 Å². The predicted molar refractivity (Wildman–Crippen MR) is 107 cm³/mol. The molecule has 1 N–H and O–H groups in total. The Morgan fingerprint density at radius 2 is 1.97 bits per heavy atom. The minimum absolute atomic E-state index is 0.164. The first kappa shape index (κ1) is 20.3. The summed E-state index contributed by atoms with van der Waals surface area (Å²) in [5.41, 5.74) is 1.67. The number of amides is 3. The number of hydrogen-bond acceptors (Lipinski definition) is 5. The summed E-state index contributed by atoms with van der Waals surface area (Å²) in [5, 5.41) is 2.83. The number of nitrogens with zero attached hydrogens (tertiary/aromatic N) is 3. The zero-order valence-corrected chi connectivity index (χ0v) is 16.3. The fourth-order valence-electron chi connectivity index (χ4n) is 3.14. The molecule has 1 aliphatic rings. The fourth-order valence-corrected chi connectivity index (χ4v) is 3.14. The van der Waals surface area contributed by atoms with E-state index in [1.165, 1.54) is 12.3 Å². The molecule has 2 heterocycles. The predicted octanol–water partition coefficient (Wildman–Crippen LogP) is 0.977. The number of hydrogen-bond donors (Lipinski definition) is 1. The Hall–Kier alpha value is -3.42. The van der Waals surface area contributed by atoms with Gasteiger partial charge in [-0.3, -0.25) is 19.4 Å². The third-order valence-electron chi connectivity index (χ3n) is 4.82. The SMILES string of the molecule is COc1cccc(CCNC(=O)c2cc(C(=O)N3CCN(C=O)CC3)ccn2)c1. The van der Waals surface area contributed by atoms with Crippen LogP contribution in [0, 0.1) is 0 Å². The zero-order valence-electron chi connectivity index (χ0n) is 16.3. The van der Waals surface area contributed by atoms with Crippen LogP contribution in [0.2, 0.25) is 0 Å². The number of rotatable bonds is 7. The molecule has 1 fully saturated rings. The number of ether oxygens (including phenoxy) is 1. The van der Waals surface area contributed by atoms with Crippen LogP contribution >= 0.6 is 0 Å². The smallest absolute Gasteiger partial charge is 0.269 e. The summed E-state index contributed by atoms with van der Waals surface area (Å²) < 4.78 is 5.20. The highest BCUT2D eigenvalue weighted by Gasteiger charge is 2.22. The van der Waals surface area contributed by atoms with Gasteiger partial charge in [0, 0.05) is 44.5 Å². The summed E-state index contributed by atoms with van der Waals surface area (Å²) in [4.78, 5) is 43.3. The molecule has 3 amide bonds. The molecule has 0 aliphatic carbocycles. The second kappa shape index (κ2) is 9.68. The maximum absolute atomic E-state index is 12.7. The van der Waals surface area contributed by atoms with E-state index in [0.717, 1.165) is 17.7 Å². The molecule has 1 saturated heterocycles. The van der Waals surface area contributed by atoms with Gasteiger partial charge in [0.1, 0.15) is 11.4 Å². The molecule has 0 atom stereocenters. The number of pyridine rings is 1. The van der Waals surface area contributed by atoms with Crippen LogP contribution < -0.4 is 10.1 Å². The van der Waals surface area contributed by atoms with Gasteiger partial charge in [-0.2, -0.15) is 0 Å². The van der Waals surface area contributed by atoms with Crippen LogP contribution in [-0.4, -0.2) is 72.8 Å². The number of piperazine rings is 1. The summed E-state index contributed by atoms with van der Waals surface area (Å²) in [6.07, 6.45) is 2.91. The van der Waals surface area contributed by atoms with Crippen molar-refractivity contribution in [2.24, 2.45) is 0 Å². The Labute approximate surface area is 169 Å². The maximum atomic E-state index is 12.7.